The van der Waals surface area contributed by atoms with E-state index in [2.05, 4.69) is 15.5 Å². The molecule has 8 heteroatoms. The van der Waals surface area contributed by atoms with E-state index < -0.39 is 11.9 Å². The van der Waals surface area contributed by atoms with Crippen LogP contribution < -0.4 is 5.32 Å². The zero-order valence-electron chi connectivity index (χ0n) is 11.4. The molecule has 0 aliphatic rings. The van der Waals surface area contributed by atoms with Gasteiger partial charge in [0.1, 0.15) is 11.3 Å². The van der Waals surface area contributed by atoms with E-state index in [4.69, 9.17) is 5.11 Å². The fraction of sp³-hybridized carbons (Fsp3) is 0.333. The first-order valence-corrected chi connectivity index (χ1v) is 6.04. The summed E-state index contributed by atoms with van der Waals surface area (Å²) >= 11 is 0. The summed E-state index contributed by atoms with van der Waals surface area (Å²) in [7, 11) is 1.52. The molecule has 0 saturated heterocycles. The first-order chi connectivity index (χ1) is 9.45. The lowest BCUT2D eigenvalue weighted by Gasteiger charge is -2.06. The summed E-state index contributed by atoms with van der Waals surface area (Å²) in [6, 6.07) is 0. The van der Waals surface area contributed by atoms with Crippen molar-refractivity contribution in [2.75, 3.05) is 5.32 Å². The van der Waals surface area contributed by atoms with Crippen molar-refractivity contribution < 1.29 is 14.7 Å². The number of hydrogen-bond donors (Lipinski definition) is 2. The number of carbonyl (C=O) groups excluding carboxylic acids is 1. The number of rotatable bonds is 4. The zero-order valence-corrected chi connectivity index (χ0v) is 11.4. The van der Waals surface area contributed by atoms with Gasteiger partial charge in [0.15, 0.2) is 0 Å². The normalized spacial score (nSPS) is 10.6. The van der Waals surface area contributed by atoms with Crippen LogP contribution in [0.4, 0.5) is 5.69 Å². The van der Waals surface area contributed by atoms with Gasteiger partial charge < -0.3 is 10.4 Å². The third kappa shape index (κ3) is 2.27. The minimum atomic E-state index is -1.19. The van der Waals surface area contributed by atoms with Crippen LogP contribution in [0.5, 0.6) is 0 Å². The van der Waals surface area contributed by atoms with Crippen LogP contribution in [0.15, 0.2) is 12.4 Å². The molecular weight excluding hydrogens is 262 g/mol. The summed E-state index contributed by atoms with van der Waals surface area (Å²) in [6.07, 6.45) is 2.69. The zero-order chi connectivity index (χ0) is 14.9. The minimum Gasteiger partial charge on any atom is -0.478 e. The lowest BCUT2D eigenvalue weighted by atomic mass is 10.2. The molecule has 2 aromatic heterocycles. The smallest absolute Gasteiger partial charge is 0.339 e. The van der Waals surface area contributed by atoms with Crippen LogP contribution in [0.1, 0.15) is 33.5 Å². The number of nitrogens with one attached hydrogen (secondary N) is 1. The van der Waals surface area contributed by atoms with Gasteiger partial charge >= 0.3 is 5.97 Å². The van der Waals surface area contributed by atoms with Gasteiger partial charge in [0.2, 0.25) is 0 Å². The molecule has 0 atom stereocenters. The van der Waals surface area contributed by atoms with Crippen molar-refractivity contribution in [3.63, 3.8) is 0 Å². The molecule has 8 nitrogen and oxygen atoms in total. The fourth-order valence-electron chi connectivity index (χ4n) is 1.93. The molecule has 1 amide bonds. The summed E-state index contributed by atoms with van der Waals surface area (Å²) in [5.74, 6) is -1.72. The number of nitrogens with zero attached hydrogens (tertiary/aromatic N) is 4. The highest BCUT2D eigenvalue weighted by Crippen LogP contribution is 2.16. The van der Waals surface area contributed by atoms with Gasteiger partial charge in [-0.1, -0.05) is 0 Å². The fourth-order valence-corrected chi connectivity index (χ4v) is 1.93. The molecule has 2 heterocycles. The molecule has 2 aromatic rings. The predicted octanol–water partition coefficient (Wildman–Crippen LogP) is 0.895. The van der Waals surface area contributed by atoms with Gasteiger partial charge in [-0.2, -0.15) is 10.2 Å². The van der Waals surface area contributed by atoms with Gasteiger partial charge in [0.05, 0.1) is 23.8 Å². The number of anilines is 1. The Morgan fingerprint density at radius 1 is 1.35 bits per heavy atom. The number of carboxylic acid groups (broad SMARTS) is 1. The Bertz CT molecular complexity index is 671. The van der Waals surface area contributed by atoms with Crippen molar-refractivity contribution in [1.29, 1.82) is 0 Å². The van der Waals surface area contributed by atoms with Gasteiger partial charge in [-0.15, -0.1) is 0 Å². The Kier molecular flexibility index (Phi) is 3.55. The van der Waals surface area contributed by atoms with Crippen molar-refractivity contribution in [3.8, 4) is 0 Å². The lowest BCUT2D eigenvalue weighted by Crippen LogP contribution is -2.19. The summed E-state index contributed by atoms with van der Waals surface area (Å²) in [6.45, 7) is 4.45. The van der Waals surface area contributed by atoms with Crippen molar-refractivity contribution in [1.82, 2.24) is 19.6 Å². The highest BCUT2D eigenvalue weighted by molar-refractivity contribution is 6.09. The molecule has 106 valence electrons. The van der Waals surface area contributed by atoms with Crippen molar-refractivity contribution >= 4 is 17.6 Å². The Labute approximate surface area is 115 Å². The average Bonchev–Trinajstić information content (AvgIpc) is 2.94. The first kappa shape index (κ1) is 13.8. The van der Waals surface area contributed by atoms with E-state index in [0.29, 0.717) is 12.2 Å². The predicted molar refractivity (Wildman–Crippen MR) is 70.8 cm³/mol. The van der Waals surface area contributed by atoms with E-state index in [1.165, 1.54) is 17.9 Å². The van der Waals surface area contributed by atoms with Crippen LogP contribution >= 0.6 is 0 Å². The third-order valence-electron chi connectivity index (χ3n) is 3.04. The van der Waals surface area contributed by atoms with Crippen LogP contribution in [0.2, 0.25) is 0 Å². The van der Waals surface area contributed by atoms with Gasteiger partial charge in [0, 0.05) is 13.6 Å². The molecule has 0 aliphatic heterocycles. The maximum Gasteiger partial charge on any atom is 0.339 e. The number of aryl methyl sites for hydroxylation is 2. The molecule has 0 fully saturated rings. The van der Waals surface area contributed by atoms with Gasteiger partial charge in [0.25, 0.3) is 5.91 Å². The summed E-state index contributed by atoms with van der Waals surface area (Å²) in [5, 5.41) is 19.6. The first-order valence-electron chi connectivity index (χ1n) is 6.04. The Hall–Kier alpha value is -2.64. The number of amides is 1. The number of carbonyl (C=O) groups is 2. The molecule has 0 saturated carbocycles. The third-order valence-corrected chi connectivity index (χ3v) is 3.04. The molecular formula is C12H15N5O3. The maximum atomic E-state index is 12.2. The SMILES string of the molecule is CCn1ncc(NC(=O)c2c(C(=O)O)cnn2C)c1C. The van der Waals surface area contributed by atoms with Crippen LogP contribution in [0, 0.1) is 6.92 Å². The van der Waals surface area contributed by atoms with E-state index in [9.17, 15) is 9.59 Å². The number of aromatic nitrogens is 4. The van der Waals surface area contributed by atoms with Gasteiger partial charge in [-0.25, -0.2) is 4.79 Å². The second-order valence-electron chi connectivity index (χ2n) is 4.25. The molecule has 0 bridgehead atoms. The maximum absolute atomic E-state index is 12.2. The summed E-state index contributed by atoms with van der Waals surface area (Å²) < 4.78 is 2.97. The van der Waals surface area contributed by atoms with E-state index in [0.717, 1.165) is 11.9 Å². The summed E-state index contributed by atoms with van der Waals surface area (Å²) in [5.41, 5.74) is 1.22. The topological polar surface area (TPSA) is 102 Å². The highest BCUT2D eigenvalue weighted by atomic mass is 16.4. The molecule has 0 spiro atoms. The quantitative estimate of drug-likeness (QED) is 0.864. The Morgan fingerprint density at radius 3 is 2.60 bits per heavy atom. The summed E-state index contributed by atoms with van der Waals surface area (Å²) in [4.78, 5) is 23.3. The molecule has 0 radical (unpaired) electrons. The second-order valence-corrected chi connectivity index (χ2v) is 4.25. The Morgan fingerprint density at radius 2 is 2.05 bits per heavy atom. The van der Waals surface area contributed by atoms with Crippen LogP contribution in [0.3, 0.4) is 0 Å². The van der Waals surface area contributed by atoms with E-state index in [-0.39, 0.29) is 11.3 Å². The Balaban J connectivity index is 2.31. The monoisotopic (exact) mass is 277 g/mol. The standard InChI is InChI=1S/C12H15N5O3/c1-4-17-7(2)9(6-14-17)15-11(18)10-8(12(19)20)5-13-16(10)3/h5-6H,4H2,1-3H3,(H,15,18)(H,19,20). The number of carboxylic acids is 1. The van der Waals surface area contributed by atoms with E-state index >= 15 is 0 Å². The molecule has 20 heavy (non-hydrogen) atoms. The van der Waals surface area contributed by atoms with Crippen molar-refractivity contribution in [3.05, 3.63) is 29.3 Å². The molecule has 0 unspecified atom stereocenters. The van der Waals surface area contributed by atoms with E-state index in [1.54, 1.807) is 4.68 Å². The van der Waals surface area contributed by atoms with Crippen LogP contribution in [-0.4, -0.2) is 36.5 Å². The molecule has 2 N–H and O–H groups in total. The number of hydrogen-bond acceptors (Lipinski definition) is 4. The van der Waals surface area contributed by atoms with Gasteiger partial charge in [-0.05, 0) is 13.8 Å². The lowest BCUT2D eigenvalue weighted by molar-refractivity contribution is 0.0692. The van der Waals surface area contributed by atoms with Crippen LogP contribution in [0.25, 0.3) is 0 Å². The molecule has 2 rings (SSSR count). The molecule has 0 aromatic carbocycles. The van der Waals surface area contributed by atoms with Crippen molar-refractivity contribution in [2.24, 2.45) is 7.05 Å². The minimum absolute atomic E-state index is 0.00106. The average molecular weight is 277 g/mol. The largest absolute Gasteiger partial charge is 0.478 e. The van der Waals surface area contributed by atoms with Crippen molar-refractivity contribution in [2.45, 2.75) is 20.4 Å². The highest BCUT2D eigenvalue weighted by Gasteiger charge is 2.22. The van der Waals surface area contributed by atoms with E-state index in [1.807, 2.05) is 13.8 Å². The second kappa shape index (κ2) is 5.16. The molecule has 0 aliphatic carbocycles. The van der Waals surface area contributed by atoms with Crippen LogP contribution in [-0.2, 0) is 13.6 Å². The van der Waals surface area contributed by atoms with Gasteiger partial charge in [-0.3, -0.25) is 14.2 Å². The number of aromatic carboxylic acids is 1.